The molecule has 1 aromatic heterocycles. The van der Waals surface area contributed by atoms with E-state index in [1.165, 1.54) is 11.3 Å². The van der Waals surface area contributed by atoms with Crippen LogP contribution >= 0.6 is 22.9 Å². The van der Waals surface area contributed by atoms with Gasteiger partial charge in [-0.3, -0.25) is 0 Å². The van der Waals surface area contributed by atoms with E-state index in [4.69, 9.17) is 11.6 Å². The predicted octanol–water partition coefficient (Wildman–Crippen LogP) is 2.59. The van der Waals surface area contributed by atoms with Crippen molar-refractivity contribution < 1.29 is 8.42 Å². The molecule has 0 spiro atoms. The minimum Gasteiger partial charge on any atom is -0.305 e. The predicted molar refractivity (Wildman–Crippen MR) is 84.0 cm³/mol. The molecule has 7 heteroatoms. The lowest BCUT2D eigenvalue weighted by Gasteiger charge is -2.28. The van der Waals surface area contributed by atoms with Crippen molar-refractivity contribution in [1.29, 1.82) is 0 Å². The molecule has 0 amide bonds. The average molecular weight is 337 g/mol. The van der Waals surface area contributed by atoms with Gasteiger partial charge in [-0.15, -0.1) is 22.9 Å². The van der Waals surface area contributed by atoms with Crippen molar-refractivity contribution in [3.63, 3.8) is 0 Å². The van der Waals surface area contributed by atoms with E-state index >= 15 is 0 Å². The van der Waals surface area contributed by atoms with Gasteiger partial charge in [-0.1, -0.05) is 6.92 Å². The number of nitrogens with zero attached hydrogens (tertiary/aromatic N) is 2. The van der Waals surface area contributed by atoms with Crippen LogP contribution in [-0.4, -0.2) is 50.3 Å². The van der Waals surface area contributed by atoms with Crippen LogP contribution in [0.5, 0.6) is 0 Å². The molecule has 0 aromatic carbocycles. The summed E-state index contributed by atoms with van der Waals surface area (Å²) in [6.45, 7) is 4.38. The molecule has 1 unspecified atom stereocenters. The van der Waals surface area contributed by atoms with Gasteiger partial charge in [-0.05, 0) is 38.6 Å². The molecule has 0 radical (unpaired) electrons. The van der Waals surface area contributed by atoms with Crippen LogP contribution in [0.3, 0.4) is 0 Å². The van der Waals surface area contributed by atoms with Crippen LogP contribution in [0.1, 0.15) is 24.6 Å². The van der Waals surface area contributed by atoms with Gasteiger partial charge in [0.2, 0.25) is 0 Å². The second kappa shape index (κ2) is 6.75. The second-order valence-electron chi connectivity index (χ2n) is 5.15. The second-order valence-corrected chi connectivity index (χ2v) is 8.70. The molecule has 4 nitrogen and oxygen atoms in total. The first-order chi connectivity index (χ1) is 9.48. The van der Waals surface area contributed by atoms with Gasteiger partial charge in [-0.2, -0.15) is 4.31 Å². The molecule has 0 saturated carbocycles. The number of hydrogen-bond acceptors (Lipinski definition) is 4. The number of sulfonamides is 1. The molecule has 2 rings (SSSR count). The minimum atomic E-state index is -3.39. The van der Waals surface area contributed by atoms with Gasteiger partial charge in [0.25, 0.3) is 10.0 Å². The Morgan fingerprint density at radius 2 is 2.15 bits per heavy atom. The van der Waals surface area contributed by atoms with Crippen LogP contribution in [0.15, 0.2) is 16.3 Å². The normalized spacial score (nSPS) is 22.9. The summed E-state index contributed by atoms with van der Waals surface area (Å²) >= 11 is 7.05. The average Bonchev–Trinajstić information content (AvgIpc) is 2.83. The smallest absolute Gasteiger partial charge is 0.252 e. The molecule has 0 bridgehead atoms. The molecular formula is C13H21ClN2O2S2. The molecular weight excluding hydrogens is 316 g/mol. The van der Waals surface area contributed by atoms with E-state index in [-0.39, 0.29) is 6.04 Å². The summed E-state index contributed by atoms with van der Waals surface area (Å²) < 4.78 is 27.7. The topological polar surface area (TPSA) is 40.6 Å². The van der Waals surface area contributed by atoms with Crippen LogP contribution in [0, 0.1) is 0 Å². The highest BCUT2D eigenvalue weighted by Crippen LogP contribution is 2.28. The van der Waals surface area contributed by atoms with Crippen LogP contribution in [0.4, 0.5) is 0 Å². The molecule has 114 valence electrons. The summed E-state index contributed by atoms with van der Waals surface area (Å²) in [5.41, 5.74) is 0. The standard InChI is InChI=1S/C13H21ClN2O2S2/c1-3-11-10-15(2)7-4-8-16(11)20(17,18)13-6-5-12(9-14)19-13/h5-6,11H,3-4,7-10H2,1-2H3. The lowest BCUT2D eigenvalue weighted by molar-refractivity contribution is 0.270. The molecule has 0 aliphatic carbocycles. The Bertz CT molecular complexity index is 544. The molecule has 1 atom stereocenters. The lowest BCUT2D eigenvalue weighted by Crippen LogP contribution is -2.43. The Kier molecular flexibility index (Phi) is 5.48. The first-order valence-corrected chi connectivity index (χ1v) is 9.63. The fraction of sp³-hybridized carbons (Fsp3) is 0.692. The zero-order valence-electron chi connectivity index (χ0n) is 11.9. The summed E-state index contributed by atoms with van der Waals surface area (Å²) in [7, 11) is -1.34. The van der Waals surface area contributed by atoms with Gasteiger partial charge in [0, 0.05) is 24.0 Å². The van der Waals surface area contributed by atoms with E-state index in [1.807, 2.05) is 6.92 Å². The number of alkyl halides is 1. The summed E-state index contributed by atoms with van der Waals surface area (Å²) in [6, 6.07) is 3.53. The van der Waals surface area contributed by atoms with Gasteiger partial charge in [0.05, 0.1) is 5.88 Å². The largest absolute Gasteiger partial charge is 0.305 e. The molecule has 1 saturated heterocycles. The molecule has 1 aromatic rings. The maximum absolute atomic E-state index is 12.8. The summed E-state index contributed by atoms with van der Waals surface area (Å²) in [6.07, 6.45) is 1.71. The Hall–Kier alpha value is -0.140. The summed E-state index contributed by atoms with van der Waals surface area (Å²) in [4.78, 5) is 3.10. The summed E-state index contributed by atoms with van der Waals surface area (Å²) in [5, 5.41) is 0. The van der Waals surface area contributed by atoms with E-state index in [0.29, 0.717) is 16.6 Å². The van der Waals surface area contributed by atoms with Crippen molar-refractivity contribution >= 4 is 33.0 Å². The molecule has 0 N–H and O–H groups in total. The minimum absolute atomic E-state index is 0.0500. The quantitative estimate of drug-likeness (QED) is 0.793. The van der Waals surface area contributed by atoms with Crippen molar-refractivity contribution in [2.24, 2.45) is 0 Å². The van der Waals surface area contributed by atoms with Crippen LogP contribution in [0.25, 0.3) is 0 Å². The van der Waals surface area contributed by atoms with Crippen LogP contribution in [0.2, 0.25) is 0 Å². The van der Waals surface area contributed by atoms with Crippen LogP contribution < -0.4 is 0 Å². The number of rotatable bonds is 4. The monoisotopic (exact) mass is 336 g/mol. The first-order valence-electron chi connectivity index (χ1n) is 6.84. The zero-order valence-corrected chi connectivity index (χ0v) is 14.3. The van der Waals surface area contributed by atoms with Crippen molar-refractivity contribution in [1.82, 2.24) is 9.21 Å². The molecule has 1 fully saturated rings. The lowest BCUT2D eigenvalue weighted by atomic mass is 10.2. The first kappa shape index (κ1) is 16.2. The van der Waals surface area contributed by atoms with Crippen molar-refractivity contribution in [2.45, 2.75) is 35.9 Å². The zero-order chi connectivity index (χ0) is 14.8. The number of halogens is 1. The highest BCUT2D eigenvalue weighted by Gasteiger charge is 2.33. The molecule has 20 heavy (non-hydrogen) atoms. The van der Waals surface area contributed by atoms with E-state index in [2.05, 4.69) is 11.9 Å². The molecule has 1 aliphatic rings. The van der Waals surface area contributed by atoms with E-state index < -0.39 is 10.0 Å². The fourth-order valence-corrected chi connectivity index (χ4v) is 5.87. The molecule has 2 heterocycles. The maximum Gasteiger partial charge on any atom is 0.252 e. The van der Waals surface area contributed by atoms with Gasteiger partial charge in [0.1, 0.15) is 4.21 Å². The summed E-state index contributed by atoms with van der Waals surface area (Å²) in [5.74, 6) is 0.361. The third-order valence-electron chi connectivity index (χ3n) is 3.65. The van der Waals surface area contributed by atoms with Crippen molar-refractivity contribution in [3.8, 4) is 0 Å². The number of likely N-dealkylation sites (N-methyl/N-ethyl adjacent to an activating group) is 1. The molecule has 1 aliphatic heterocycles. The van der Waals surface area contributed by atoms with E-state index in [0.717, 1.165) is 30.8 Å². The fourth-order valence-electron chi connectivity index (χ4n) is 2.55. The SMILES string of the molecule is CCC1CN(C)CCCN1S(=O)(=O)c1ccc(CCl)s1. The Morgan fingerprint density at radius 1 is 1.40 bits per heavy atom. The third-order valence-corrected chi connectivity index (χ3v) is 7.60. The highest BCUT2D eigenvalue weighted by molar-refractivity contribution is 7.91. The maximum atomic E-state index is 12.8. The number of thiophene rings is 1. The van der Waals surface area contributed by atoms with Gasteiger partial charge in [0.15, 0.2) is 0 Å². The van der Waals surface area contributed by atoms with Gasteiger partial charge in [-0.25, -0.2) is 8.42 Å². The van der Waals surface area contributed by atoms with Crippen molar-refractivity contribution in [2.75, 3.05) is 26.7 Å². The third kappa shape index (κ3) is 3.36. The highest BCUT2D eigenvalue weighted by atomic mass is 35.5. The Morgan fingerprint density at radius 3 is 2.75 bits per heavy atom. The van der Waals surface area contributed by atoms with Crippen LogP contribution in [-0.2, 0) is 15.9 Å². The Balaban J connectivity index is 2.30. The Labute approximate surface area is 130 Å². The van der Waals surface area contributed by atoms with E-state index in [9.17, 15) is 8.42 Å². The van der Waals surface area contributed by atoms with Gasteiger partial charge >= 0.3 is 0 Å². The van der Waals surface area contributed by atoms with E-state index in [1.54, 1.807) is 16.4 Å². The van der Waals surface area contributed by atoms with Crippen molar-refractivity contribution in [3.05, 3.63) is 17.0 Å². The number of hydrogen-bond donors (Lipinski definition) is 0. The van der Waals surface area contributed by atoms with Gasteiger partial charge < -0.3 is 4.90 Å².